The van der Waals surface area contributed by atoms with Gasteiger partial charge in [-0.25, -0.2) is 4.98 Å². The Bertz CT molecular complexity index is 1250. The third-order valence-electron chi connectivity index (χ3n) is 4.80. The molecule has 1 fully saturated rings. The van der Waals surface area contributed by atoms with E-state index in [1.54, 1.807) is 23.9 Å². The number of nitrogens with zero attached hydrogens (tertiary/aromatic N) is 2. The van der Waals surface area contributed by atoms with Crippen LogP contribution in [0, 0.1) is 0 Å². The maximum atomic E-state index is 13.2. The van der Waals surface area contributed by atoms with Gasteiger partial charge >= 0.3 is 6.36 Å². The monoisotopic (exact) mass is 520 g/mol. The Labute approximate surface area is 200 Å². The fourth-order valence-corrected chi connectivity index (χ4v) is 4.78. The summed E-state index contributed by atoms with van der Waals surface area (Å²) in [5, 5.41) is 0.167. The van der Waals surface area contributed by atoms with Gasteiger partial charge in [-0.2, -0.15) is 0 Å². The molecule has 0 spiro atoms. The Hall–Kier alpha value is -1.98. The van der Waals surface area contributed by atoms with Crippen LogP contribution in [0.2, 0.25) is 10.0 Å². The Balaban J connectivity index is 1.84. The highest BCUT2D eigenvalue weighted by Gasteiger charge is 2.36. The number of hydrogen-bond acceptors (Lipinski definition) is 6. The van der Waals surface area contributed by atoms with Gasteiger partial charge in [-0.1, -0.05) is 30.1 Å². The normalized spacial score (nSPS) is 14.8. The van der Waals surface area contributed by atoms with Crippen LogP contribution < -0.4 is 10.3 Å². The lowest BCUT2D eigenvalue weighted by molar-refractivity contribution is -0.275. The first-order valence-electron chi connectivity index (χ1n) is 9.79. The highest BCUT2D eigenvalue weighted by atomic mass is 35.5. The van der Waals surface area contributed by atoms with Crippen molar-refractivity contribution < 1.29 is 27.4 Å². The van der Waals surface area contributed by atoms with Crippen molar-refractivity contribution in [2.45, 2.75) is 31.0 Å². The highest BCUT2D eigenvalue weighted by molar-refractivity contribution is 7.99. The average molecular weight is 521 g/mol. The second-order valence-corrected chi connectivity index (χ2v) is 9.10. The first-order valence-corrected chi connectivity index (χ1v) is 11.5. The van der Waals surface area contributed by atoms with Gasteiger partial charge < -0.3 is 14.2 Å². The summed E-state index contributed by atoms with van der Waals surface area (Å²) in [7, 11) is 0. The van der Waals surface area contributed by atoms with Crippen LogP contribution in [0.1, 0.15) is 24.3 Å². The molecule has 1 aliphatic rings. The van der Waals surface area contributed by atoms with Crippen molar-refractivity contribution in [3.8, 4) is 5.75 Å². The van der Waals surface area contributed by atoms with Gasteiger partial charge in [0, 0.05) is 9.92 Å². The zero-order valence-electron chi connectivity index (χ0n) is 17.1. The minimum absolute atomic E-state index is 0.0239. The fraction of sp³-hybridized carbons (Fsp3) is 0.333. The molecule has 0 atom stereocenters. The second kappa shape index (κ2) is 9.71. The number of halogens is 5. The van der Waals surface area contributed by atoms with Crippen molar-refractivity contribution in [1.29, 1.82) is 0 Å². The van der Waals surface area contributed by atoms with Gasteiger partial charge in [0.25, 0.3) is 5.56 Å². The number of alkyl halides is 3. The van der Waals surface area contributed by atoms with Crippen LogP contribution >= 0.6 is 35.0 Å². The molecular formula is C21H17Cl2F3N2O4S. The summed E-state index contributed by atoms with van der Waals surface area (Å²) in [6.45, 7) is 2.47. The molecule has 0 radical (unpaired) electrons. The second-order valence-electron chi connectivity index (χ2n) is 6.98. The van der Waals surface area contributed by atoms with E-state index in [0.717, 1.165) is 22.3 Å². The van der Waals surface area contributed by atoms with Crippen LogP contribution in [0.25, 0.3) is 10.9 Å². The Morgan fingerprint density at radius 1 is 1.24 bits per heavy atom. The zero-order chi connectivity index (χ0) is 23.8. The lowest BCUT2D eigenvalue weighted by Crippen LogP contribution is -2.23. The summed E-state index contributed by atoms with van der Waals surface area (Å²) < 4.78 is 55.4. The molecule has 1 aliphatic heterocycles. The number of rotatable bonds is 6. The molecule has 0 bridgehead atoms. The number of thioether (sulfide) groups is 1. The number of ether oxygens (including phenoxy) is 3. The molecule has 6 nitrogen and oxygen atoms in total. The van der Waals surface area contributed by atoms with Crippen molar-refractivity contribution in [2.24, 2.45) is 0 Å². The minimum atomic E-state index is -5.02. The van der Waals surface area contributed by atoms with Crippen LogP contribution in [0.4, 0.5) is 13.2 Å². The Kier molecular flexibility index (Phi) is 7.11. The van der Waals surface area contributed by atoms with E-state index in [4.69, 9.17) is 32.7 Å². The molecule has 3 aromatic rings. The quantitative estimate of drug-likeness (QED) is 0.382. The van der Waals surface area contributed by atoms with E-state index in [-0.39, 0.29) is 41.2 Å². The Morgan fingerprint density at radius 3 is 2.64 bits per heavy atom. The van der Waals surface area contributed by atoms with E-state index in [9.17, 15) is 18.0 Å². The third kappa shape index (κ3) is 5.25. The van der Waals surface area contributed by atoms with Crippen molar-refractivity contribution in [3.05, 3.63) is 62.1 Å². The predicted molar refractivity (Wildman–Crippen MR) is 119 cm³/mol. The molecule has 33 heavy (non-hydrogen) atoms. The largest absolute Gasteiger partial charge is 0.573 e. The molecule has 0 amide bonds. The molecule has 0 aliphatic carbocycles. The average Bonchev–Trinajstić information content (AvgIpc) is 3.26. The van der Waals surface area contributed by atoms with Gasteiger partial charge in [0.15, 0.2) is 6.29 Å². The summed E-state index contributed by atoms with van der Waals surface area (Å²) >= 11 is 14.1. The minimum Gasteiger partial charge on any atom is -0.405 e. The van der Waals surface area contributed by atoms with Crippen molar-refractivity contribution in [1.82, 2.24) is 9.55 Å². The maximum Gasteiger partial charge on any atom is 0.573 e. The van der Waals surface area contributed by atoms with E-state index in [0.29, 0.717) is 5.02 Å². The number of fused-ring (bicyclic) bond motifs is 1. The summed E-state index contributed by atoms with van der Waals surface area (Å²) in [6, 6.07) is 6.31. The van der Waals surface area contributed by atoms with Crippen LogP contribution in [0.15, 0.2) is 40.3 Å². The smallest absolute Gasteiger partial charge is 0.405 e. The van der Waals surface area contributed by atoms with Crippen LogP contribution in [0.3, 0.4) is 0 Å². The third-order valence-corrected chi connectivity index (χ3v) is 6.42. The molecule has 0 N–H and O–H groups in total. The molecule has 1 aromatic heterocycles. The summed E-state index contributed by atoms with van der Waals surface area (Å²) in [6.07, 6.45) is -4.88. The van der Waals surface area contributed by atoms with Gasteiger partial charge in [0.1, 0.15) is 5.75 Å². The van der Waals surface area contributed by atoms with Gasteiger partial charge in [-0.05, 0) is 35.6 Å². The first kappa shape index (κ1) is 24.2. The standard InChI is InChI=1S/C21H17Cl2F3N2O4S/c1-2-33-15-4-3-12(22)7-11(15)9-28-10-27-18-13(19(28)29)8-14(32-21(24,25)26)16(17(18)23)20-30-5-6-31-20/h3-4,7-8,10,20H,2,5-6,9H2,1H3. The van der Waals surface area contributed by atoms with Gasteiger partial charge in [0.05, 0.1) is 47.6 Å². The zero-order valence-corrected chi connectivity index (χ0v) is 19.4. The number of hydrogen-bond donors (Lipinski definition) is 0. The lowest BCUT2D eigenvalue weighted by Gasteiger charge is -2.19. The molecule has 4 rings (SSSR count). The first-order chi connectivity index (χ1) is 15.7. The van der Waals surface area contributed by atoms with E-state index in [2.05, 4.69) is 9.72 Å². The van der Waals surface area contributed by atoms with E-state index >= 15 is 0 Å². The van der Waals surface area contributed by atoms with Gasteiger partial charge in [-0.15, -0.1) is 24.9 Å². The molecule has 2 heterocycles. The molecular weight excluding hydrogens is 504 g/mol. The molecule has 12 heteroatoms. The van der Waals surface area contributed by atoms with Gasteiger partial charge in [0.2, 0.25) is 0 Å². The fourth-order valence-electron chi connectivity index (χ4n) is 3.47. The van der Waals surface area contributed by atoms with E-state index in [1.807, 2.05) is 13.0 Å². The Morgan fingerprint density at radius 2 is 1.97 bits per heavy atom. The summed E-state index contributed by atoms with van der Waals surface area (Å²) in [5.74, 6) is 0.134. The number of benzene rings is 2. The van der Waals surface area contributed by atoms with E-state index < -0.39 is 24.0 Å². The molecule has 176 valence electrons. The maximum absolute atomic E-state index is 13.2. The van der Waals surface area contributed by atoms with Crippen LogP contribution in [-0.2, 0) is 16.0 Å². The predicted octanol–water partition coefficient (Wildman–Crippen LogP) is 5.81. The number of aromatic nitrogens is 2. The van der Waals surface area contributed by atoms with Crippen molar-refractivity contribution in [2.75, 3.05) is 19.0 Å². The lowest BCUT2D eigenvalue weighted by atomic mass is 10.1. The van der Waals surface area contributed by atoms with Crippen molar-refractivity contribution in [3.63, 3.8) is 0 Å². The highest BCUT2D eigenvalue weighted by Crippen LogP contribution is 2.42. The van der Waals surface area contributed by atoms with Crippen molar-refractivity contribution >= 4 is 45.9 Å². The molecule has 2 aromatic carbocycles. The SMILES string of the molecule is CCSc1ccc(Cl)cc1Cn1cnc2c(Cl)c(C3OCCO3)c(OC(F)(F)F)cc2c1=O. The van der Waals surface area contributed by atoms with Crippen LogP contribution in [-0.4, -0.2) is 34.9 Å². The topological polar surface area (TPSA) is 62.6 Å². The molecule has 0 saturated carbocycles. The summed E-state index contributed by atoms with van der Waals surface area (Å²) in [4.78, 5) is 18.4. The van der Waals surface area contributed by atoms with Crippen LogP contribution in [0.5, 0.6) is 5.75 Å². The molecule has 0 unspecified atom stereocenters. The molecule has 1 saturated heterocycles. The van der Waals surface area contributed by atoms with E-state index in [1.165, 1.54) is 10.9 Å². The van der Waals surface area contributed by atoms with Gasteiger partial charge in [-0.3, -0.25) is 9.36 Å². The summed E-state index contributed by atoms with van der Waals surface area (Å²) in [5.41, 5.74) is 0.0527.